The van der Waals surface area contributed by atoms with Crippen molar-refractivity contribution >= 4 is 0 Å². The highest BCUT2D eigenvalue weighted by Crippen LogP contribution is 2.59. The van der Waals surface area contributed by atoms with Crippen molar-refractivity contribution in [2.45, 2.75) is 92.1 Å². The van der Waals surface area contributed by atoms with Gasteiger partial charge in [0.2, 0.25) is 0 Å². The standard InChI is InChI=1S/C28H44O/c1-19(2)20(3)9-10-22(5)26-15-16-27-23(8-7-17-28(26,27)6)12-13-24-18-25(29)14-11-21(24)4/h9-10,12-13,19-20,22,25-27,29H,4,7-8,11,14-18H2,1-3,5-6H3/b10-9+,23-12+,24-13+/t20-,22+,25-,26+,27-,28+/m0/s1/i1+1,2+1,19+1. The lowest BCUT2D eigenvalue weighted by Gasteiger charge is -2.44. The molecule has 0 saturated heterocycles. The first-order valence-corrected chi connectivity index (χ1v) is 12.2. The molecule has 162 valence electrons. The summed E-state index contributed by atoms with van der Waals surface area (Å²) >= 11 is 0. The van der Waals surface area contributed by atoms with Gasteiger partial charge in [-0.3, -0.25) is 0 Å². The molecule has 0 aromatic carbocycles. The lowest BCUT2D eigenvalue weighted by molar-refractivity contribution is 0.112. The molecule has 3 saturated carbocycles. The molecule has 29 heavy (non-hydrogen) atoms. The fraction of sp³-hybridized carbons (Fsp3) is 0.714. The number of aliphatic hydroxyl groups excluding tert-OH is 1. The van der Waals surface area contributed by atoms with E-state index in [2.05, 4.69) is 65.5 Å². The van der Waals surface area contributed by atoms with E-state index in [0.29, 0.717) is 17.3 Å². The Morgan fingerprint density at radius 3 is 2.52 bits per heavy atom. The van der Waals surface area contributed by atoms with Crippen LogP contribution in [0, 0.1) is 35.0 Å². The van der Waals surface area contributed by atoms with Crippen LogP contribution in [0.1, 0.15) is 86.0 Å². The summed E-state index contributed by atoms with van der Waals surface area (Å²) in [5.41, 5.74) is 4.61. The first-order valence-electron chi connectivity index (χ1n) is 12.2. The Bertz CT molecular complexity index is 678. The molecule has 0 aliphatic heterocycles. The van der Waals surface area contributed by atoms with Crippen LogP contribution in [0.4, 0.5) is 0 Å². The van der Waals surface area contributed by atoms with Crippen molar-refractivity contribution in [2.24, 2.45) is 35.0 Å². The van der Waals surface area contributed by atoms with Crippen LogP contribution >= 0.6 is 0 Å². The normalized spacial score (nSPS) is 38.2. The molecule has 0 bridgehead atoms. The quantitative estimate of drug-likeness (QED) is 0.372. The van der Waals surface area contributed by atoms with Crippen molar-refractivity contribution in [1.29, 1.82) is 0 Å². The summed E-state index contributed by atoms with van der Waals surface area (Å²) in [5.74, 6) is 3.58. The average molecular weight is 400 g/mol. The maximum Gasteiger partial charge on any atom is 0.0583 e. The summed E-state index contributed by atoms with van der Waals surface area (Å²) < 4.78 is 0. The van der Waals surface area contributed by atoms with Gasteiger partial charge in [0.25, 0.3) is 0 Å². The van der Waals surface area contributed by atoms with Gasteiger partial charge in [-0.25, -0.2) is 0 Å². The van der Waals surface area contributed by atoms with Crippen molar-refractivity contribution < 1.29 is 5.11 Å². The second-order valence-electron chi connectivity index (χ2n) is 10.9. The van der Waals surface area contributed by atoms with Gasteiger partial charge in [-0.1, -0.05) is 76.6 Å². The second-order valence-corrected chi connectivity index (χ2v) is 10.9. The molecule has 1 nitrogen and oxygen atoms in total. The van der Waals surface area contributed by atoms with Crippen molar-refractivity contribution in [1.82, 2.24) is 0 Å². The third kappa shape index (κ3) is 4.98. The SMILES string of the molecule is C=C1CC[C@H](O)C/C1=C\C=C1/CCC[C@]2(C)[C@@H]([C@H](C)/C=C/[C@H](C)[13CH]([13CH3])[13CH3])CC[C@@H]12. The van der Waals surface area contributed by atoms with E-state index in [1.54, 1.807) is 5.57 Å². The molecule has 0 aromatic rings. The fourth-order valence-corrected chi connectivity index (χ4v) is 6.25. The van der Waals surface area contributed by atoms with E-state index in [-0.39, 0.29) is 6.10 Å². The van der Waals surface area contributed by atoms with Gasteiger partial charge in [0.15, 0.2) is 0 Å². The molecule has 0 radical (unpaired) electrons. The first-order chi connectivity index (χ1) is 13.7. The lowest BCUT2D eigenvalue weighted by atomic mass is 9.61. The number of hydrogen-bond acceptors (Lipinski definition) is 1. The minimum absolute atomic E-state index is 0.182. The maximum absolute atomic E-state index is 10.0. The topological polar surface area (TPSA) is 20.2 Å². The van der Waals surface area contributed by atoms with Crippen LogP contribution < -0.4 is 0 Å². The van der Waals surface area contributed by atoms with Crippen LogP contribution in [0.25, 0.3) is 0 Å². The Hall–Kier alpha value is -1.08. The predicted molar refractivity (Wildman–Crippen MR) is 126 cm³/mol. The van der Waals surface area contributed by atoms with Crippen molar-refractivity contribution in [3.63, 3.8) is 0 Å². The summed E-state index contributed by atoms with van der Waals surface area (Å²) in [6.45, 7) is 16.3. The Morgan fingerprint density at radius 2 is 1.79 bits per heavy atom. The fourth-order valence-electron chi connectivity index (χ4n) is 6.25. The van der Waals surface area contributed by atoms with E-state index < -0.39 is 0 Å². The van der Waals surface area contributed by atoms with Gasteiger partial charge in [0.1, 0.15) is 0 Å². The smallest absolute Gasteiger partial charge is 0.0583 e. The highest BCUT2D eigenvalue weighted by atomic mass is 16.3. The Labute approximate surface area is 180 Å². The van der Waals surface area contributed by atoms with E-state index in [9.17, 15) is 5.11 Å². The van der Waals surface area contributed by atoms with E-state index in [1.807, 2.05) is 0 Å². The number of rotatable bonds is 5. The molecule has 3 fully saturated rings. The van der Waals surface area contributed by atoms with Gasteiger partial charge in [-0.15, -0.1) is 0 Å². The summed E-state index contributed by atoms with van der Waals surface area (Å²) in [5, 5.41) is 10.0. The molecule has 3 rings (SSSR count). The first kappa shape index (κ1) is 22.6. The minimum Gasteiger partial charge on any atom is -0.393 e. The Kier molecular flexibility index (Phi) is 7.31. The second kappa shape index (κ2) is 9.38. The number of hydrogen-bond donors (Lipinski definition) is 1. The number of allylic oxidation sites excluding steroid dienone is 6. The largest absolute Gasteiger partial charge is 0.393 e. The zero-order valence-electron chi connectivity index (χ0n) is 19.6. The number of fused-ring (bicyclic) bond motifs is 1. The summed E-state index contributed by atoms with van der Waals surface area (Å²) in [4.78, 5) is 0. The third-order valence-electron chi connectivity index (χ3n) is 8.63. The molecule has 0 unspecified atom stereocenters. The Morgan fingerprint density at radius 1 is 1.03 bits per heavy atom. The van der Waals surface area contributed by atoms with Gasteiger partial charge >= 0.3 is 0 Å². The monoisotopic (exact) mass is 399 g/mol. The van der Waals surface area contributed by atoms with Crippen LogP contribution in [0.2, 0.25) is 0 Å². The van der Waals surface area contributed by atoms with Crippen LogP contribution in [0.3, 0.4) is 0 Å². The summed E-state index contributed by atoms with van der Waals surface area (Å²) in [7, 11) is 0. The van der Waals surface area contributed by atoms with E-state index in [4.69, 9.17) is 0 Å². The molecule has 1 heteroatoms. The zero-order valence-corrected chi connectivity index (χ0v) is 19.6. The Balaban J connectivity index is 1.75. The molecule has 0 aromatic heterocycles. The molecule has 0 amide bonds. The average Bonchev–Trinajstić information content (AvgIpc) is 3.04. The summed E-state index contributed by atoms with van der Waals surface area (Å²) in [6.07, 6.45) is 18.8. The van der Waals surface area contributed by atoms with Crippen molar-refractivity contribution in [3.8, 4) is 0 Å². The van der Waals surface area contributed by atoms with E-state index in [1.165, 1.54) is 43.3 Å². The lowest BCUT2D eigenvalue weighted by Crippen LogP contribution is -2.35. The van der Waals surface area contributed by atoms with Crippen LogP contribution in [-0.4, -0.2) is 11.2 Å². The number of aliphatic hydroxyl groups is 1. The zero-order chi connectivity index (χ0) is 21.2. The minimum atomic E-state index is -0.182. The van der Waals surface area contributed by atoms with Crippen LogP contribution in [0.5, 0.6) is 0 Å². The predicted octanol–water partition coefficient (Wildman–Crippen LogP) is 7.64. The van der Waals surface area contributed by atoms with Crippen molar-refractivity contribution in [3.05, 3.63) is 47.6 Å². The van der Waals surface area contributed by atoms with Gasteiger partial charge in [0, 0.05) is 0 Å². The van der Waals surface area contributed by atoms with E-state index >= 15 is 0 Å². The van der Waals surface area contributed by atoms with Crippen molar-refractivity contribution in [2.75, 3.05) is 0 Å². The molecule has 0 spiro atoms. The molecule has 0 heterocycles. The molecule has 6 atom stereocenters. The van der Waals surface area contributed by atoms with Gasteiger partial charge in [-0.05, 0) is 91.9 Å². The highest BCUT2D eigenvalue weighted by molar-refractivity contribution is 5.36. The molecule has 1 N–H and O–H groups in total. The van der Waals surface area contributed by atoms with E-state index in [0.717, 1.165) is 37.0 Å². The van der Waals surface area contributed by atoms with Gasteiger partial charge in [0.05, 0.1) is 6.10 Å². The van der Waals surface area contributed by atoms with Crippen LogP contribution in [-0.2, 0) is 0 Å². The molecule has 3 aliphatic carbocycles. The summed E-state index contributed by atoms with van der Waals surface area (Å²) in [6, 6.07) is 0. The van der Waals surface area contributed by atoms with Gasteiger partial charge < -0.3 is 5.11 Å². The molecular weight excluding hydrogens is 355 g/mol. The molecule has 3 aliphatic rings. The third-order valence-corrected chi connectivity index (χ3v) is 8.63. The molecular formula is C28H44O. The maximum atomic E-state index is 10.0. The van der Waals surface area contributed by atoms with Crippen LogP contribution in [0.15, 0.2) is 47.6 Å². The highest BCUT2D eigenvalue weighted by Gasteiger charge is 2.50. The van der Waals surface area contributed by atoms with Gasteiger partial charge in [-0.2, -0.15) is 0 Å².